The van der Waals surface area contributed by atoms with Gasteiger partial charge in [0.1, 0.15) is 0 Å². The van der Waals surface area contributed by atoms with Gasteiger partial charge in [0, 0.05) is 35.6 Å². The van der Waals surface area contributed by atoms with Crippen LogP contribution in [0.4, 0.5) is 18.9 Å². The number of benzene rings is 1. The molecule has 1 N–H and O–H groups in total. The highest BCUT2D eigenvalue weighted by atomic mass is 79.9. The fraction of sp³-hybridized carbons (Fsp3) is 0.286. The van der Waals surface area contributed by atoms with Crippen LogP contribution in [0.2, 0.25) is 0 Å². The highest BCUT2D eigenvalue weighted by Gasteiger charge is 2.33. The third-order valence-corrected chi connectivity index (χ3v) is 3.64. The van der Waals surface area contributed by atoms with Crippen molar-refractivity contribution >= 4 is 21.6 Å². The van der Waals surface area contributed by atoms with Crippen molar-refractivity contribution in [2.75, 3.05) is 5.32 Å². The van der Waals surface area contributed by atoms with Crippen molar-refractivity contribution in [2.45, 2.75) is 26.2 Å². The van der Waals surface area contributed by atoms with Gasteiger partial charge in [0.05, 0.1) is 5.56 Å². The first kappa shape index (κ1) is 15.0. The van der Waals surface area contributed by atoms with Crippen molar-refractivity contribution in [1.82, 2.24) is 4.57 Å². The van der Waals surface area contributed by atoms with Crippen LogP contribution in [0.15, 0.2) is 41.1 Å². The van der Waals surface area contributed by atoms with Crippen LogP contribution in [0.1, 0.15) is 18.1 Å². The molecule has 0 radical (unpaired) electrons. The van der Waals surface area contributed by atoms with Gasteiger partial charge in [-0.05, 0) is 36.8 Å². The van der Waals surface area contributed by atoms with Crippen LogP contribution < -0.4 is 5.32 Å². The molecule has 1 aromatic heterocycles. The van der Waals surface area contributed by atoms with Crippen molar-refractivity contribution in [3.05, 3.63) is 52.3 Å². The van der Waals surface area contributed by atoms with Crippen molar-refractivity contribution in [3.63, 3.8) is 0 Å². The van der Waals surface area contributed by atoms with E-state index in [0.717, 1.165) is 18.2 Å². The number of alkyl halides is 3. The first-order chi connectivity index (χ1) is 9.40. The molecule has 0 aliphatic rings. The topological polar surface area (TPSA) is 17.0 Å². The van der Waals surface area contributed by atoms with Crippen LogP contribution in [-0.4, -0.2) is 4.57 Å². The van der Waals surface area contributed by atoms with E-state index in [9.17, 15) is 13.2 Å². The lowest BCUT2D eigenvalue weighted by molar-refractivity contribution is -0.138. The molecular formula is C14H14BrF3N2. The molecule has 1 heterocycles. The Balaban J connectivity index is 2.10. The maximum Gasteiger partial charge on any atom is 0.417 e. The third kappa shape index (κ3) is 3.56. The van der Waals surface area contributed by atoms with Gasteiger partial charge in [0.2, 0.25) is 0 Å². The van der Waals surface area contributed by atoms with Crippen LogP contribution in [-0.2, 0) is 19.3 Å². The molecule has 2 nitrogen and oxygen atoms in total. The predicted molar refractivity (Wildman–Crippen MR) is 76.6 cm³/mol. The number of aromatic nitrogens is 1. The minimum Gasteiger partial charge on any atom is -0.381 e. The van der Waals surface area contributed by atoms with E-state index in [1.54, 1.807) is 6.07 Å². The molecule has 0 spiro atoms. The Kier molecular flexibility index (Phi) is 4.42. The van der Waals surface area contributed by atoms with E-state index >= 15 is 0 Å². The SMILES string of the molecule is CCn1ccc(CNc2ccc(Br)c(C(F)(F)F)c2)c1. The minimum atomic E-state index is -4.36. The zero-order valence-corrected chi connectivity index (χ0v) is 12.4. The molecule has 0 aliphatic heterocycles. The Morgan fingerprint density at radius 3 is 2.60 bits per heavy atom. The van der Waals surface area contributed by atoms with Gasteiger partial charge >= 0.3 is 6.18 Å². The summed E-state index contributed by atoms with van der Waals surface area (Å²) in [5.41, 5.74) is 0.807. The lowest BCUT2D eigenvalue weighted by Crippen LogP contribution is -2.07. The standard InChI is InChI=1S/C14H14BrF3N2/c1-2-20-6-5-10(9-20)8-19-11-3-4-13(15)12(7-11)14(16,17)18/h3-7,9,19H,2,8H2,1H3. The van der Waals surface area contributed by atoms with E-state index in [4.69, 9.17) is 0 Å². The summed E-state index contributed by atoms with van der Waals surface area (Å²) in [6.45, 7) is 3.39. The number of nitrogens with one attached hydrogen (secondary N) is 1. The summed E-state index contributed by atoms with van der Waals surface area (Å²) in [7, 11) is 0. The summed E-state index contributed by atoms with van der Waals surface area (Å²) in [6, 6.07) is 6.08. The van der Waals surface area contributed by atoms with E-state index in [-0.39, 0.29) is 4.47 Å². The van der Waals surface area contributed by atoms with Crippen LogP contribution in [0.25, 0.3) is 0 Å². The molecule has 1 aromatic carbocycles. The molecule has 0 bridgehead atoms. The van der Waals surface area contributed by atoms with Crippen LogP contribution >= 0.6 is 15.9 Å². The van der Waals surface area contributed by atoms with Gasteiger partial charge in [-0.2, -0.15) is 13.2 Å². The van der Waals surface area contributed by atoms with Gasteiger partial charge in [-0.15, -0.1) is 0 Å². The smallest absolute Gasteiger partial charge is 0.381 e. The predicted octanol–water partition coefficient (Wildman–Crippen LogP) is 4.90. The summed E-state index contributed by atoms with van der Waals surface area (Å²) in [6.07, 6.45) is -0.446. The van der Waals surface area contributed by atoms with E-state index in [1.807, 2.05) is 30.0 Å². The second-order valence-corrected chi connectivity index (χ2v) is 5.25. The zero-order valence-electron chi connectivity index (χ0n) is 10.8. The summed E-state index contributed by atoms with van der Waals surface area (Å²) < 4.78 is 40.4. The zero-order chi connectivity index (χ0) is 14.8. The average molecular weight is 347 g/mol. The minimum absolute atomic E-state index is 0.0488. The first-order valence-electron chi connectivity index (χ1n) is 6.15. The maximum atomic E-state index is 12.8. The molecule has 2 aromatic rings. The van der Waals surface area contributed by atoms with Gasteiger partial charge in [-0.25, -0.2) is 0 Å². The Labute approximate surface area is 123 Å². The second kappa shape index (κ2) is 5.91. The van der Waals surface area contributed by atoms with Gasteiger partial charge < -0.3 is 9.88 Å². The Morgan fingerprint density at radius 2 is 2.00 bits per heavy atom. The number of rotatable bonds is 4. The normalized spacial score (nSPS) is 11.7. The van der Waals surface area contributed by atoms with Crippen molar-refractivity contribution in [2.24, 2.45) is 0 Å². The fourth-order valence-corrected chi connectivity index (χ4v) is 2.32. The highest BCUT2D eigenvalue weighted by Crippen LogP contribution is 2.36. The number of halogens is 4. The van der Waals surface area contributed by atoms with E-state index in [1.165, 1.54) is 6.07 Å². The molecule has 0 aliphatic carbocycles. The fourth-order valence-electron chi connectivity index (χ4n) is 1.85. The molecule has 6 heteroatoms. The van der Waals surface area contributed by atoms with Crippen molar-refractivity contribution in [1.29, 1.82) is 0 Å². The molecule has 0 saturated heterocycles. The lowest BCUT2D eigenvalue weighted by Gasteiger charge is -2.12. The number of hydrogen-bond acceptors (Lipinski definition) is 1. The van der Waals surface area contributed by atoms with Gasteiger partial charge in [-0.3, -0.25) is 0 Å². The summed E-state index contributed by atoms with van der Waals surface area (Å²) in [5.74, 6) is 0. The summed E-state index contributed by atoms with van der Waals surface area (Å²) in [5, 5.41) is 3.00. The van der Waals surface area contributed by atoms with Crippen LogP contribution in [0, 0.1) is 0 Å². The number of nitrogens with zero attached hydrogens (tertiary/aromatic N) is 1. The van der Waals surface area contributed by atoms with Crippen molar-refractivity contribution < 1.29 is 13.2 Å². The number of aryl methyl sites for hydroxylation is 1. The maximum absolute atomic E-state index is 12.8. The molecule has 2 rings (SSSR count). The van der Waals surface area contributed by atoms with Crippen LogP contribution in [0.5, 0.6) is 0 Å². The Hall–Kier alpha value is -1.43. The Bertz CT molecular complexity index is 590. The Morgan fingerprint density at radius 1 is 1.25 bits per heavy atom. The average Bonchev–Trinajstić information content (AvgIpc) is 2.84. The molecule has 0 atom stereocenters. The molecule has 0 amide bonds. The van der Waals surface area contributed by atoms with Crippen molar-refractivity contribution in [3.8, 4) is 0 Å². The largest absolute Gasteiger partial charge is 0.417 e. The van der Waals surface area contributed by atoms with E-state index in [2.05, 4.69) is 21.2 Å². The van der Waals surface area contributed by atoms with Gasteiger partial charge in [0.15, 0.2) is 0 Å². The molecule has 0 saturated carbocycles. The molecular weight excluding hydrogens is 333 g/mol. The van der Waals surface area contributed by atoms with Crippen LogP contribution in [0.3, 0.4) is 0 Å². The quantitative estimate of drug-likeness (QED) is 0.832. The van der Waals surface area contributed by atoms with Gasteiger partial charge in [-0.1, -0.05) is 15.9 Å². The first-order valence-corrected chi connectivity index (χ1v) is 6.94. The number of anilines is 1. The lowest BCUT2D eigenvalue weighted by atomic mass is 10.2. The molecule has 0 unspecified atom stereocenters. The molecule has 20 heavy (non-hydrogen) atoms. The van der Waals surface area contributed by atoms with Gasteiger partial charge in [0.25, 0.3) is 0 Å². The van der Waals surface area contributed by atoms with E-state index < -0.39 is 11.7 Å². The molecule has 108 valence electrons. The number of hydrogen-bond donors (Lipinski definition) is 1. The van der Waals surface area contributed by atoms with E-state index in [0.29, 0.717) is 12.2 Å². The third-order valence-electron chi connectivity index (χ3n) is 2.95. The molecule has 0 fully saturated rings. The summed E-state index contributed by atoms with van der Waals surface area (Å²) >= 11 is 2.92. The second-order valence-electron chi connectivity index (χ2n) is 4.40. The monoisotopic (exact) mass is 346 g/mol. The summed E-state index contributed by atoms with van der Waals surface area (Å²) in [4.78, 5) is 0. The highest BCUT2D eigenvalue weighted by molar-refractivity contribution is 9.10.